The summed E-state index contributed by atoms with van der Waals surface area (Å²) in [5.74, 6) is 1.95. The van der Waals surface area contributed by atoms with E-state index in [4.69, 9.17) is 4.74 Å². The molecule has 1 aliphatic heterocycles. The Morgan fingerprint density at radius 1 is 0.789 bits per heavy atom. The highest BCUT2D eigenvalue weighted by atomic mass is 16.5. The maximum atomic E-state index is 5.45. The topological polar surface area (TPSA) is 24.5 Å². The quantitative estimate of drug-likeness (QED) is 0.850. The molecule has 110 valence electrons. The fourth-order valence-electron chi connectivity index (χ4n) is 4.37. The van der Waals surface area contributed by atoms with Gasteiger partial charge in [0.15, 0.2) is 0 Å². The van der Waals surface area contributed by atoms with Gasteiger partial charge in [0, 0.05) is 19.1 Å². The lowest BCUT2D eigenvalue weighted by atomic mass is 9.71. The van der Waals surface area contributed by atoms with Crippen LogP contribution in [0.2, 0.25) is 0 Å². The zero-order valence-electron chi connectivity index (χ0n) is 12.3. The number of morpholine rings is 1. The van der Waals surface area contributed by atoms with Gasteiger partial charge in [-0.25, -0.2) is 5.01 Å². The van der Waals surface area contributed by atoms with Gasteiger partial charge in [0.2, 0.25) is 0 Å². The normalized spacial score (nSPS) is 35.4. The monoisotopic (exact) mass is 266 g/mol. The predicted molar refractivity (Wildman–Crippen MR) is 77.8 cm³/mol. The van der Waals surface area contributed by atoms with Gasteiger partial charge < -0.3 is 4.74 Å². The molecule has 3 aliphatic rings. The van der Waals surface area contributed by atoms with Crippen LogP contribution in [0.1, 0.15) is 57.8 Å². The number of hydrogen-bond acceptors (Lipinski definition) is 3. The van der Waals surface area contributed by atoms with E-state index in [1.54, 1.807) is 0 Å². The molecular weight excluding hydrogens is 236 g/mol. The first-order valence-electron chi connectivity index (χ1n) is 8.52. The Hall–Kier alpha value is -0.120. The molecule has 1 saturated heterocycles. The minimum atomic E-state index is 0.745. The fraction of sp³-hybridized carbons (Fsp3) is 1.00. The van der Waals surface area contributed by atoms with E-state index < -0.39 is 0 Å². The van der Waals surface area contributed by atoms with Gasteiger partial charge in [-0.05, 0) is 24.7 Å². The number of ether oxygens (including phenoxy) is 1. The van der Waals surface area contributed by atoms with Crippen molar-refractivity contribution < 1.29 is 4.74 Å². The summed E-state index contributed by atoms with van der Waals surface area (Å²) in [5, 5.41) is 2.43. The minimum absolute atomic E-state index is 0.745. The van der Waals surface area contributed by atoms with E-state index in [-0.39, 0.29) is 0 Å². The van der Waals surface area contributed by atoms with Crippen molar-refractivity contribution in [2.45, 2.75) is 63.8 Å². The lowest BCUT2D eigenvalue weighted by molar-refractivity contribution is -0.0130. The predicted octanol–water partition coefficient (Wildman–Crippen LogP) is 2.96. The molecule has 1 N–H and O–H groups in total. The van der Waals surface area contributed by atoms with Crippen LogP contribution in [0, 0.1) is 11.8 Å². The Morgan fingerprint density at radius 2 is 1.47 bits per heavy atom. The van der Waals surface area contributed by atoms with Crippen LogP contribution >= 0.6 is 0 Å². The van der Waals surface area contributed by atoms with Crippen LogP contribution in [0.3, 0.4) is 0 Å². The maximum absolute atomic E-state index is 5.45. The maximum Gasteiger partial charge on any atom is 0.0608 e. The van der Waals surface area contributed by atoms with E-state index in [1.165, 1.54) is 57.8 Å². The first kappa shape index (κ1) is 13.8. The van der Waals surface area contributed by atoms with E-state index in [0.29, 0.717) is 0 Å². The van der Waals surface area contributed by atoms with Crippen LogP contribution in [-0.2, 0) is 4.74 Å². The van der Waals surface area contributed by atoms with Crippen LogP contribution < -0.4 is 5.43 Å². The molecule has 0 aromatic rings. The van der Waals surface area contributed by atoms with Gasteiger partial charge in [-0.2, -0.15) is 0 Å². The standard InChI is InChI=1S/C16H30N2O/c1-2-6-14(7-3-1)15-8-4-5-9-16(15)17-18-10-12-19-13-11-18/h14-17H,1-13H2. The summed E-state index contributed by atoms with van der Waals surface area (Å²) in [4.78, 5) is 0. The summed E-state index contributed by atoms with van der Waals surface area (Å²) in [6.45, 7) is 3.92. The van der Waals surface area contributed by atoms with Gasteiger partial charge >= 0.3 is 0 Å². The highest BCUT2D eigenvalue weighted by Gasteiger charge is 2.33. The molecule has 3 heteroatoms. The van der Waals surface area contributed by atoms with Crippen molar-refractivity contribution in [3.05, 3.63) is 0 Å². The third-order valence-corrected chi connectivity index (χ3v) is 5.43. The lowest BCUT2D eigenvalue weighted by Gasteiger charge is -2.42. The van der Waals surface area contributed by atoms with E-state index >= 15 is 0 Å². The van der Waals surface area contributed by atoms with Crippen molar-refractivity contribution in [2.24, 2.45) is 11.8 Å². The summed E-state index contributed by atoms with van der Waals surface area (Å²) in [6.07, 6.45) is 13.2. The molecule has 3 rings (SSSR count). The fourth-order valence-corrected chi connectivity index (χ4v) is 4.37. The summed E-state index contributed by atoms with van der Waals surface area (Å²) in [5.41, 5.74) is 3.86. The second-order valence-electron chi connectivity index (χ2n) is 6.68. The van der Waals surface area contributed by atoms with Crippen molar-refractivity contribution >= 4 is 0 Å². The minimum Gasteiger partial charge on any atom is -0.379 e. The Labute approximate surface area is 118 Å². The van der Waals surface area contributed by atoms with Crippen molar-refractivity contribution in [1.29, 1.82) is 0 Å². The molecule has 19 heavy (non-hydrogen) atoms. The number of hydrogen-bond donors (Lipinski definition) is 1. The molecule has 0 radical (unpaired) electrons. The zero-order valence-corrected chi connectivity index (χ0v) is 12.3. The van der Waals surface area contributed by atoms with Gasteiger partial charge in [-0.3, -0.25) is 5.43 Å². The summed E-state index contributed by atoms with van der Waals surface area (Å²) >= 11 is 0. The first-order chi connectivity index (χ1) is 9.43. The van der Waals surface area contributed by atoms with Crippen molar-refractivity contribution in [1.82, 2.24) is 10.4 Å². The Kier molecular flexibility index (Phi) is 5.14. The number of nitrogens with zero attached hydrogens (tertiary/aromatic N) is 1. The van der Waals surface area contributed by atoms with Crippen molar-refractivity contribution in [2.75, 3.05) is 26.3 Å². The van der Waals surface area contributed by atoms with Gasteiger partial charge in [0.25, 0.3) is 0 Å². The Balaban J connectivity index is 1.56. The molecule has 2 aliphatic carbocycles. The second kappa shape index (κ2) is 7.05. The van der Waals surface area contributed by atoms with E-state index in [2.05, 4.69) is 10.4 Å². The van der Waals surface area contributed by atoms with Crippen LogP contribution in [0.25, 0.3) is 0 Å². The van der Waals surface area contributed by atoms with Crippen LogP contribution in [0.5, 0.6) is 0 Å². The number of rotatable bonds is 3. The summed E-state index contributed by atoms with van der Waals surface area (Å²) in [6, 6.07) is 0.745. The van der Waals surface area contributed by atoms with E-state index in [0.717, 1.165) is 44.2 Å². The van der Waals surface area contributed by atoms with Crippen LogP contribution in [-0.4, -0.2) is 37.4 Å². The Bertz CT molecular complexity index is 259. The molecule has 0 spiro atoms. The van der Waals surface area contributed by atoms with Crippen LogP contribution in [0.4, 0.5) is 0 Å². The zero-order chi connectivity index (χ0) is 12.9. The van der Waals surface area contributed by atoms with Crippen molar-refractivity contribution in [3.8, 4) is 0 Å². The molecule has 0 bridgehead atoms. The highest BCUT2D eigenvalue weighted by molar-refractivity contribution is 4.86. The van der Waals surface area contributed by atoms with Gasteiger partial charge in [-0.15, -0.1) is 0 Å². The molecule has 0 aromatic carbocycles. The number of nitrogens with one attached hydrogen (secondary N) is 1. The summed E-state index contributed by atoms with van der Waals surface area (Å²) in [7, 11) is 0. The smallest absolute Gasteiger partial charge is 0.0608 e. The molecular formula is C16H30N2O. The third-order valence-electron chi connectivity index (χ3n) is 5.43. The van der Waals surface area contributed by atoms with E-state index in [9.17, 15) is 0 Å². The average Bonchev–Trinajstić information content (AvgIpc) is 2.50. The average molecular weight is 266 g/mol. The molecule has 0 amide bonds. The largest absolute Gasteiger partial charge is 0.379 e. The SMILES string of the molecule is C1CCC(C2CCCCC2NN2CCOCC2)CC1. The molecule has 0 aromatic heterocycles. The van der Waals surface area contributed by atoms with Crippen LogP contribution in [0.15, 0.2) is 0 Å². The molecule has 1 heterocycles. The van der Waals surface area contributed by atoms with Gasteiger partial charge in [0.1, 0.15) is 0 Å². The lowest BCUT2D eigenvalue weighted by Crippen LogP contribution is -2.54. The molecule has 3 fully saturated rings. The van der Waals surface area contributed by atoms with Gasteiger partial charge in [0.05, 0.1) is 13.2 Å². The van der Waals surface area contributed by atoms with Crippen molar-refractivity contribution in [3.63, 3.8) is 0 Å². The number of hydrazine groups is 1. The Morgan fingerprint density at radius 3 is 2.26 bits per heavy atom. The summed E-state index contributed by atoms with van der Waals surface area (Å²) < 4.78 is 5.45. The molecule has 2 unspecified atom stereocenters. The molecule has 2 saturated carbocycles. The third kappa shape index (κ3) is 3.71. The second-order valence-corrected chi connectivity index (χ2v) is 6.68. The highest BCUT2D eigenvalue weighted by Crippen LogP contribution is 2.38. The molecule has 3 nitrogen and oxygen atoms in total. The first-order valence-corrected chi connectivity index (χ1v) is 8.52. The van der Waals surface area contributed by atoms with E-state index in [1.807, 2.05) is 0 Å². The van der Waals surface area contributed by atoms with Gasteiger partial charge in [-0.1, -0.05) is 44.9 Å². The molecule has 2 atom stereocenters.